The highest BCUT2D eigenvalue weighted by Gasteiger charge is 2.39. The highest BCUT2D eigenvalue weighted by molar-refractivity contribution is 5.81. The van der Waals surface area contributed by atoms with Gasteiger partial charge < -0.3 is 11.1 Å². The SMILES string of the molecule is CC(C(=O)NC1CCCCC1)N1CC(C)(N)C1. The first kappa shape index (κ1) is 12.8. The standard InChI is InChI=1S/C13H25N3O/c1-10(16-8-13(2,14)9-16)12(17)15-11-6-4-3-5-7-11/h10-11H,3-9,14H2,1-2H3,(H,15,17). The van der Waals surface area contributed by atoms with Crippen molar-refractivity contribution < 1.29 is 4.79 Å². The van der Waals surface area contributed by atoms with Gasteiger partial charge in [-0.3, -0.25) is 9.69 Å². The molecule has 4 nitrogen and oxygen atoms in total. The molecule has 1 atom stereocenters. The van der Waals surface area contributed by atoms with Crippen LogP contribution < -0.4 is 11.1 Å². The van der Waals surface area contributed by atoms with E-state index in [4.69, 9.17) is 5.73 Å². The third-order valence-corrected chi connectivity index (χ3v) is 4.01. The van der Waals surface area contributed by atoms with Crippen molar-refractivity contribution in [1.29, 1.82) is 0 Å². The molecule has 98 valence electrons. The normalized spacial score (nSPS) is 27.2. The van der Waals surface area contributed by atoms with E-state index in [0.29, 0.717) is 6.04 Å². The van der Waals surface area contributed by atoms with Crippen LogP contribution >= 0.6 is 0 Å². The Balaban J connectivity index is 1.75. The maximum atomic E-state index is 12.1. The number of carbonyl (C=O) groups is 1. The van der Waals surface area contributed by atoms with Crippen molar-refractivity contribution in [3.63, 3.8) is 0 Å². The highest BCUT2D eigenvalue weighted by Crippen LogP contribution is 2.21. The second-order valence-electron chi connectivity index (χ2n) is 6.08. The minimum absolute atomic E-state index is 0.0337. The summed E-state index contributed by atoms with van der Waals surface area (Å²) in [7, 11) is 0. The van der Waals surface area contributed by atoms with Crippen LogP contribution in [0, 0.1) is 0 Å². The summed E-state index contributed by atoms with van der Waals surface area (Å²) in [5, 5.41) is 3.17. The molecule has 1 saturated heterocycles. The smallest absolute Gasteiger partial charge is 0.237 e. The van der Waals surface area contributed by atoms with Gasteiger partial charge in [0, 0.05) is 24.7 Å². The van der Waals surface area contributed by atoms with Crippen LogP contribution in [-0.4, -0.2) is 41.5 Å². The first-order valence-corrected chi connectivity index (χ1v) is 6.81. The van der Waals surface area contributed by atoms with Crippen molar-refractivity contribution >= 4 is 5.91 Å². The van der Waals surface area contributed by atoms with Crippen LogP contribution in [0.2, 0.25) is 0 Å². The molecule has 1 saturated carbocycles. The number of amides is 1. The number of carbonyl (C=O) groups excluding carboxylic acids is 1. The molecule has 0 aromatic carbocycles. The van der Waals surface area contributed by atoms with E-state index in [-0.39, 0.29) is 17.5 Å². The average Bonchev–Trinajstić information content (AvgIpc) is 2.26. The van der Waals surface area contributed by atoms with Crippen molar-refractivity contribution in [3.8, 4) is 0 Å². The molecule has 2 rings (SSSR count). The Morgan fingerprint density at radius 2 is 1.94 bits per heavy atom. The summed E-state index contributed by atoms with van der Waals surface area (Å²) >= 11 is 0. The first-order valence-electron chi connectivity index (χ1n) is 6.81. The molecule has 3 N–H and O–H groups in total. The lowest BCUT2D eigenvalue weighted by Gasteiger charge is -2.48. The molecule has 2 fully saturated rings. The zero-order valence-electron chi connectivity index (χ0n) is 11.0. The molecule has 0 aromatic rings. The van der Waals surface area contributed by atoms with Crippen molar-refractivity contribution in [3.05, 3.63) is 0 Å². The van der Waals surface area contributed by atoms with Gasteiger partial charge in [0.2, 0.25) is 5.91 Å². The number of likely N-dealkylation sites (tertiary alicyclic amines) is 1. The quantitative estimate of drug-likeness (QED) is 0.768. The van der Waals surface area contributed by atoms with E-state index in [2.05, 4.69) is 10.2 Å². The molecular weight excluding hydrogens is 214 g/mol. The summed E-state index contributed by atoms with van der Waals surface area (Å²) in [6.45, 7) is 5.67. The summed E-state index contributed by atoms with van der Waals surface area (Å²) in [5.41, 5.74) is 5.86. The van der Waals surface area contributed by atoms with E-state index in [1.807, 2.05) is 13.8 Å². The molecule has 4 heteroatoms. The minimum atomic E-state index is -0.0978. The van der Waals surface area contributed by atoms with Crippen LogP contribution in [0.3, 0.4) is 0 Å². The van der Waals surface area contributed by atoms with E-state index < -0.39 is 0 Å². The van der Waals surface area contributed by atoms with E-state index in [1.165, 1.54) is 19.3 Å². The third kappa shape index (κ3) is 3.19. The summed E-state index contributed by atoms with van der Waals surface area (Å²) in [4.78, 5) is 14.2. The number of nitrogens with two attached hydrogens (primary N) is 1. The molecule has 1 aliphatic carbocycles. The van der Waals surface area contributed by atoms with Gasteiger partial charge in [0.1, 0.15) is 0 Å². The Hall–Kier alpha value is -0.610. The summed E-state index contributed by atoms with van der Waals surface area (Å²) < 4.78 is 0. The van der Waals surface area contributed by atoms with Crippen LogP contribution in [0.1, 0.15) is 46.0 Å². The number of hydrogen-bond acceptors (Lipinski definition) is 3. The fraction of sp³-hybridized carbons (Fsp3) is 0.923. The molecular formula is C13H25N3O. The van der Waals surface area contributed by atoms with Gasteiger partial charge in [-0.1, -0.05) is 19.3 Å². The number of hydrogen-bond donors (Lipinski definition) is 2. The molecule has 0 bridgehead atoms. The van der Waals surface area contributed by atoms with Gasteiger partial charge in [-0.2, -0.15) is 0 Å². The van der Waals surface area contributed by atoms with Gasteiger partial charge >= 0.3 is 0 Å². The Morgan fingerprint density at radius 1 is 1.35 bits per heavy atom. The van der Waals surface area contributed by atoms with Crippen LogP contribution in [0.5, 0.6) is 0 Å². The summed E-state index contributed by atoms with van der Waals surface area (Å²) in [5.74, 6) is 0.174. The molecule has 1 unspecified atom stereocenters. The second kappa shape index (κ2) is 4.94. The molecule has 2 aliphatic rings. The molecule has 1 aliphatic heterocycles. The Kier molecular flexibility index (Phi) is 3.73. The van der Waals surface area contributed by atoms with Crippen molar-refractivity contribution in [2.75, 3.05) is 13.1 Å². The number of nitrogens with one attached hydrogen (secondary N) is 1. The molecule has 1 heterocycles. The summed E-state index contributed by atoms with van der Waals surface area (Å²) in [6.07, 6.45) is 6.12. The maximum Gasteiger partial charge on any atom is 0.237 e. The highest BCUT2D eigenvalue weighted by atomic mass is 16.2. The Labute approximate surface area is 104 Å². The number of nitrogens with zero attached hydrogens (tertiary/aromatic N) is 1. The molecule has 0 aromatic heterocycles. The van der Waals surface area contributed by atoms with Gasteiger partial charge in [0.05, 0.1) is 6.04 Å². The van der Waals surface area contributed by atoms with E-state index in [9.17, 15) is 4.79 Å². The fourth-order valence-corrected chi connectivity index (χ4v) is 2.89. The largest absolute Gasteiger partial charge is 0.352 e. The molecule has 1 amide bonds. The van der Waals surface area contributed by atoms with Crippen molar-refractivity contribution in [2.24, 2.45) is 5.73 Å². The second-order valence-corrected chi connectivity index (χ2v) is 6.08. The maximum absolute atomic E-state index is 12.1. The van der Waals surface area contributed by atoms with Gasteiger partial charge in [0.15, 0.2) is 0 Å². The Morgan fingerprint density at radius 3 is 2.47 bits per heavy atom. The molecule has 17 heavy (non-hydrogen) atoms. The monoisotopic (exact) mass is 239 g/mol. The van der Waals surface area contributed by atoms with Gasteiger partial charge in [-0.15, -0.1) is 0 Å². The lowest BCUT2D eigenvalue weighted by Crippen LogP contribution is -2.69. The molecule has 0 radical (unpaired) electrons. The number of rotatable bonds is 3. The fourth-order valence-electron chi connectivity index (χ4n) is 2.89. The van der Waals surface area contributed by atoms with Gasteiger partial charge in [-0.25, -0.2) is 0 Å². The van der Waals surface area contributed by atoms with E-state index in [0.717, 1.165) is 25.9 Å². The minimum Gasteiger partial charge on any atom is -0.352 e. The van der Waals surface area contributed by atoms with Gasteiger partial charge in [0.25, 0.3) is 0 Å². The first-order chi connectivity index (χ1) is 7.98. The summed E-state index contributed by atoms with van der Waals surface area (Å²) in [6, 6.07) is 0.373. The third-order valence-electron chi connectivity index (χ3n) is 4.01. The van der Waals surface area contributed by atoms with Gasteiger partial charge in [-0.05, 0) is 26.7 Å². The predicted octanol–water partition coefficient (Wildman–Crippen LogP) is 0.857. The van der Waals surface area contributed by atoms with Crippen molar-refractivity contribution in [2.45, 2.75) is 63.6 Å². The van der Waals surface area contributed by atoms with Crippen LogP contribution in [-0.2, 0) is 4.79 Å². The predicted molar refractivity (Wildman–Crippen MR) is 68.6 cm³/mol. The van der Waals surface area contributed by atoms with E-state index >= 15 is 0 Å². The zero-order chi connectivity index (χ0) is 12.5. The Bertz CT molecular complexity index is 276. The van der Waals surface area contributed by atoms with Crippen LogP contribution in [0.25, 0.3) is 0 Å². The zero-order valence-corrected chi connectivity index (χ0v) is 11.0. The van der Waals surface area contributed by atoms with Crippen LogP contribution in [0.15, 0.2) is 0 Å². The van der Waals surface area contributed by atoms with E-state index in [1.54, 1.807) is 0 Å². The molecule has 0 spiro atoms. The van der Waals surface area contributed by atoms with Crippen molar-refractivity contribution in [1.82, 2.24) is 10.2 Å². The van der Waals surface area contributed by atoms with Crippen LogP contribution in [0.4, 0.5) is 0 Å². The lowest BCUT2D eigenvalue weighted by atomic mass is 9.91. The average molecular weight is 239 g/mol. The lowest BCUT2D eigenvalue weighted by molar-refractivity contribution is -0.129. The topological polar surface area (TPSA) is 58.4 Å².